The van der Waals surface area contributed by atoms with Crippen molar-refractivity contribution in [1.82, 2.24) is 0 Å². The second-order valence-corrected chi connectivity index (χ2v) is 10.8. The molecule has 0 radical (unpaired) electrons. The van der Waals surface area contributed by atoms with Gasteiger partial charge < -0.3 is 14.2 Å². The van der Waals surface area contributed by atoms with E-state index in [1.54, 1.807) is 6.08 Å². The summed E-state index contributed by atoms with van der Waals surface area (Å²) in [6, 6.07) is 15.5. The van der Waals surface area contributed by atoms with Crippen molar-refractivity contribution in [2.24, 2.45) is 29.6 Å². The van der Waals surface area contributed by atoms with E-state index in [4.69, 9.17) is 14.2 Å². The highest BCUT2D eigenvalue weighted by atomic mass is 16.7. The molecule has 4 aliphatic carbocycles. The summed E-state index contributed by atoms with van der Waals surface area (Å²) in [6.07, 6.45) is 18.5. The fraction of sp³-hybridized carbons (Fsp3) is 0.424. The third-order valence-corrected chi connectivity index (χ3v) is 8.12. The SMILES string of the molecule is CCOC(C)Oc1ccc(C=CC=Cc2ccc(OC(=O)C=CC3C4CC5CC(C4)CC3C5)cc2)cc1. The Labute approximate surface area is 221 Å². The number of allylic oxidation sites excluding steroid dienone is 3. The largest absolute Gasteiger partial charge is 0.465 e. The van der Waals surface area contributed by atoms with Gasteiger partial charge in [-0.3, -0.25) is 0 Å². The van der Waals surface area contributed by atoms with Gasteiger partial charge in [0.15, 0.2) is 6.29 Å². The first-order valence-electron chi connectivity index (χ1n) is 13.8. The minimum atomic E-state index is -0.274. The van der Waals surface area contributed by atoms with Crippen molar-refractivity contribution in [3.05, 3.63) is 84.0 Å². The molecular weight excluding hydrogens is 460 g/mol. The molecule has 4 heteroatoms. The average Bonchev–Trinajstić information content (AvgIpc) is 2.88. The van der Waals surface area contributed by atoms with Gasteiger partial charge in [0.2, 0.25) is 0 Å². The Hall–Kier alpha value is -3.11. The highest BCUT2D eigenvalue weighted by molar-refractivity contribution is 5.84. The van der Waals surface area contributed by atoms with Crippen LogP contribution in [0, 0.1) is 29.6 Å². The zero-order valence-electron chi connectivity index (χ0n) is 21.9. The van der Waals surface area contributed by atoms with Crippen LogP contribution in [-0.4, -0.2) is 18.9 Å². The van der Waals surface area contributed by atoms with Crippen LogP contribution in [0.3, 0.4) is 0 Å². The lowest BCUT2D eigenvalue weighted by Crippen LogP contribution is -2.44. The summed E-state index contributed by atoms with van der Waals surface area (Å²) in [4.78, 5) is 12.4. The van der Waals surface area contributed by atoms with Crippen molar-refractivity contribution in [2.45, 2.75) is 52.2 Å². The molecule has 6 rings (SSSR count). The van der Waals surface area contributed by atoms with Crippen molar-refractivity contribution in [1.29, 1.82) is 0 Å². The average molecular weight is 499 g/mol. The minimum absolute atomic E-state index is 0.257. The van der Waals surface area contributed by atoms with Crippen LogP contribution in [0.2, 0.25) is 0 Å². The molecule has 0 spiro atoms. The van der Waals surface area contributed by atoms with Gasteiger partial charge >= 0.3 is 5.97 Å². The number of hydrogen-bond donors (Lipinski definition) is 0. The number of carbonyl (C=O) groups is 1. The maximum absolute atomic E-state index is 12.4. The summed E-state index contributed by atoms with van der Waals surface area (Å²) in [6.45, 7) is 4.46. The molecule has 2 aromatic carbocycles. The van der Waals surface area contributed by atoms with Crippen LogP contribution in [0.1, 0.15) is 57.1 Å². The van der Waals surface area contributed by atoms with Crippen molar-refractivity contribution >= 4 is 18.1 Å². The van der Waals surface area contributed by atoms with E-state index >= 15 is 0 Å². The van der Waals surface area contributed by atoms with Gasteiger partial charge in [0.1, 0.15) is 11.5 Å². The fourth-order valence-corrected chi connectivity index (χ4v) is 6.72. The predicted octanol–water partition coefficient (Wildman–Crippen LogP) is 7.71. The van der Waals surface area contributed by atoms with Crippen LogP contribution in [0.5, 0.6) is 11.5 Å². The summed E-state index contributed by atoms with van der Waals surface area (Å²) < 4.78 is 16.7. The summed E-state index contributed by atoms with van der Waals surface area (Å²) >= 11 is 0. The van der Waals surface area contributed by atoms with Crippen LogP contribution < -0.4 is 9.47 Å². The molecule has 37 heavy (non-hydrogen) atoms. The zero-order valence-corrected chi connectivity index (χ0v) is 21.9. The van der Waals surface area contributed by atoms with Gasteiger partial charge in [-0.25, -0.2) is 4.79 Å². The molecule has 4 fully saturated rings. The number of carbonyl (C=O) groups excluding carboxylic acids is 1. The van der Waals surface area contributed by atoms with E-state index in [0.717, 1.165) is 40.5 Å². The second kappa shape index (κ2) is 12.0. The van der Waals surface area contributed by atoms with Gasteiger partial charge in [0.25, 0.3) is 0 Å². The Morgan fingerprint density at radius 3 is 1.92 bits per heavy atom. The molecule has 4 aliphatic rings. The van der Waals surface area contributed by atoms with Gasteiger partial charge in [-0.1, -0.05) is 54.6 Å². The molecule has 1 unspecified atom stereocenters. The summed E-state index contributed by atoms with van der Waals surface area (Å²) in [5, 5.41) is 0. The quantitative estimate of drug-likeness (QED) is 0.111. The van der Waals surface area contributed by atoms with E-state index in [9.17, 15) is 4.79 Å². The first kappa shape index (κ1) is 25.5. The molecule has 0 heterocycles. The lowest BCUT2D eigenvalue weighted by atomic mass is 9.52. The van der Waals surface area contributed by atoms with Crippen LogP contribution in [0.25, 0.3) is 12.2 Å². The van der Waals surface area contributed by atoms with Crippen LogP contribution >= 0.6 is 0 Å². The molecule has 0 N–H and O–H groups in total. The first-order valence-corrected chi connectivity index (χ1v) is 13.8. The Balaban J connectivity index is 1.07. The molecule has 4 bridgehead atoms. The third kappa shape index (κ3) is 6.81. The lowest BCUT2D eigenvalue weighted by molar-refractivity contribution is -0.129. The van der Waals surface area contributed by atoms with Gasteiger partial charge in [0.05, 0.1) is 0 Å². The Morgan fingerprint density at radius 1 is 0.838 bits per heavy atom. The molecule has 0 amide bonds. The van der Waals surface area contributed by atoms with Crippen molar-refractivity contribution in [3.8, 4) is 11.5 Å². The Kier molecular flexibility index (Phi) is 8.25. The van der Waals surface area contributed by atoms with Gasteiger partial charge in [0, 0.05) is 12.7 Å². The molecular formula is C33H38O4. The molecule has 194 valence electrons. The number of hydrogen-bond acceptors (Lipinski definition) is 4. The van der Waals surface area contributed by atoms with Crippen LogP contribution in [0.4, 0.5) is 0 Å². The summed E-state index contributed by atoms with van der Waals surface area (Å²) in [5.74, 6) is 5.12. The van der Waals surface area contributed by atoms with Gasteiger partial charge in [-0.15, -0.1) is 0 Å². The minimum Gasteiger partial charge on any atom is -0.465 e. The smallest absolute Gasteiger partial charge is 0.335 e. The van der Waals surface area contributed by atoms with Crippen molar-refractivity contribution < 1.29 is 19.0 Å². The van der Waals surface area contributed by atoms with E-state index in [2.05, 4.69) is 6.08 Å². The highest BCUT2D eigenvalue weighted by Crippen LogP contribution is 2.56. The highest BCUT2D eigenvalue weighted by Gasteiger charge is 2.47. The third-order valence-electron chi connectivity index (χ3n) is 8.12. The summed E-state index contributed by atoms with van der Waals surface area (Å²) in [7, 11) is 0. The van der Waals surface area contributed by atoms with E-state index in [1.807, 2.05) is 86.7 Å². The van der Waals surface area contributed by atoms with Gasteiger partial charge in [-0.05, 0) is 111 Å². The maximum atomic E-state index is 12.4. The second-order valence-electron chi connectivity index (χ2n) is 10.8. The maximum Gasteiger partial charge on any atom is 0.335 e. The normalized spacial score (nSPS) is 27.4. The molecule has 2 aromatic rings. The zero-order chi connectivity index (χ0) is 25.6. The molecule has 1 atom stereocenters. The molecule has 4 nitrogen and oxygen atoms in total. The molecule has 4 saturated carbocycles. The Bertz CT molecular complexity index is 1100. The van der Waals surface area contributed by atoms with Gasteiger partial charge in [-0.2, -0.15) is 0 Å². The van der Waals surface area contributed by atoms with E-state index < -0.39 is 0 Å². The van der Waals surface area contributed by atoms with E-state index in [0.29, 0.717) is 18.3 Å². The monoisotopic (exact) mass is 498 g/mol. The van der Waals surface area contributed by atoms with Crippen LogP contribution in [0.15, 0.2) is 72.8 Å². The Morgan fingerprint density at radius 2 is 1.38 bits per heavy atom. The predicted molar refractivity (Wildman–Crippen MR) is 148 cm³/mol. The van der Waals surface area contributed by atoms with E-state index in [-0.39, 0.29) is 12.3 Å². The number of ether oxygens (including phenoxy) is 3. The topological polar surface area (TPSA) is 44.8 Å². The van der Waals surface area contributed by atoms with E-state index in [1.165, 1.54) is 32.1 Å². The number of rotatable bonds is 10. The fourth-order valence-electron chi connectivity index (χ4n) is 6.72. The molecule has 0 aromatic heterocycles. The first-order chi connectivity index (χ1) is 18.1. The number of benzene rings is 2. The van der Waals surface area contributed by atoms with Crippen molar-refractivity contribution in [2.75, 3.05) is 6.61 Å². The lowest BCUT2D eigenvalue weighted by Gasteiger charge is -2.53. The standard InChI is InChI=1S/C33H38O4/c1-3-35-23(2)36-30-12-8-24(9-13-30)6-4-5-7-25-10-14-31(15-11-25)37-33(34)17-16-32-28-19-26-18-27(21-28)22-29(32)20-26/h4-17,23,26-29,32H,3,18-22H2,1-2H3. The van der Waals surface area contributed by atoms with Crippen LogP contribution in [-0.2, 0) is 9.53 Å². The molecule has 0 aliphatic heterocycles. The van der Waals surface area contributed by atoms with Crippen molar-refractivity contribution in [3.63, 3.8) is 0 Å². The molecule has 0 saturated heterocycles. The summed E-state index contributed by atoms with van der Waals surface area (Å²) in [5.41, 5.74) is 2.13. The number of esters is 1.